The highest BCUT2D eigenvalue weighted by Gasteiger charge is 2.27. The SMILES string of the molecule is CC(C)C1CCCCC1NCc1cc(Br)cc2c1OCC2. The average Bonchev–Trinajstić information content (AvgIpc) is 2.93. The highest BCUT2D eigenvalue weighted by atomic mass is 79.9. The smallest absolute Gasteiger partial charge is 0.127 e. The van der Waals surface area contributed by atoms with Crippen molar-refractivity contribution in [3.05, 3.63) is 27.7 Å². The fourth-order valence-corrected chi connectivity index (χ4v) is 4.48. The third kappa shape index (κ3) is 3.45. The van der Waals surface area contributed by atoms with Gasteiger partial charge >= 0.3 is 0 Å². The number of benzene rings is 1. The van der Waals surface area contributed by atoms with Crippen LogP contribution in [-0.2, 0) is 13.0 Å². The van der Waals surface area contributed by atoms with Crippen LogP contribution >= 0.6 is 15.9 Å². The van der Waals surface area contributed by atoms with E-state index in [9.17, 15) is 0 Å². The van der Waals surface area contributed by atoms with Crippen molar-refractivity contribution in [3.63, 3.8) is 0 Å². The number of rotatable bonds is 4. The zero-order valence-corrected chi connectivity index (χ0v) is 14.7. The fourth-order valence-electron chi connectivity index (χ4n) is 3.93. The zero-order chi connectivity index (χ0) is 14.8. The maximum atomic E-state index is 5.84. The summed E-state index contributed by atoms with van der Waals surface area (Å²) in [6.45, 7) is 6.49. The molecule has 0 radical (unpaired) electrons. The summed E-state index contributed by atoms with van der Waals surface area (Å²) in [5, 5.41) is 3.83. The molecule has 2 atom stereocenters. The van der Waals surface area contributed by atoms with Crippen molar-refractivity contribution in [2.45, 2.75) is 58.5 Å². The Morgan fingerprint density at radius 2 is 2.10 bits per heavy atom. The van der Waals surface area contributed by atoms with E-state index >= 15 is 0 Å². The molecule has 1 aliphatic carbocycles. The van der Waals surface area contributed by atoms with Gasteiger partial charge in [-0.05, 0) is 42.4 Å². The highest BCUT2D eigenvalue weighted by molar-refractivity contribution is 9.10. The largest absolute Gasteiger partial charge is 0.493 e. The molecule has 2 aliphatic rings. The molecule has 0 saturated heterocycles. The quantitative estimate of drug-likeness (QED) is 0.849. The van der Waals surface area contributed by atoms with Crippen LogP contribution in [0.25, 0.3) is 0 Å². The predicted octanol–water partition coefficient (Wildman–Crippen LogP) is 4.69. The molecule has 0 spiro atoms. The van der Waals surface area contributed by atoms with E-state index in [-0.39, 0.29) is 0 Å². The topological polar surface area (TPSA) is 21.3 Å². The van der Waals surface area contributed by atoms with Gasteiger partial charge in [0, 0.05) is 29.0 Å². The number of halogens is 1. The second-order valence-electron chi connectivity index (χ2n) is 6.83. The van der Waals surface area contributed by atoms with Gasteiger partial charge in [0.2, 0.25) is 0 Å². The Morgan fingerprint density at radius 1 is 1.29 bits per heavy atom. The second-order valence-corrected chi connectivity index (χ2v) is 7.75. The first-order valence-corrected chi connectivity index (χ1v) is 9.12. The number of hydrogen-bond donors (Lipinski definition) is 1. The van der Waals surface area contributed by atoms with Crippen LogP contribution in [0.4, 0.5) is 0 Å². The molecule has 0 bridgehead atoms. The standard InChI is InChI=1S/C18H26BrNO/c1-12(2)16-5-3-4-6-17(16)20-11-14-10-15(19)9-13-7-8-21-18(13)14/h9-10,12,16-17,20H,3-8,11H2,1-2H3. The number of fused-ring (bicyclic) bond motifs is 1. The van der Waals surface area contributed by atoms with Crippen LogP contribution in [0.3, 0.4) is 0 Å². The van der Waals surface area contributed by atoms with Crippen LogP contribution in [0.15, 0.2) is 16.6 Å². The van der Waals surface area contributed by atoms with Gasteiger partial charge in [0.15, 0.2) is 0 Å². The second kappa shape index (κ2) is 6.70. The molecule has 0 amide bonds. The van der Waals surface area contributed by atoms with E-state index < -0.39 is 0 Å². The average molecular weight is 352 g/mol. The Kier molecular flexibility index (Phi) is 4.90. The van der Waals surface area contributed by atoms with E-state index in [2.05, 4.69) is 47.2 Å². The normalized spacial score (nSPS) is 25.0. The summed E-state index contributed by atoms with van der Waals surface area (Å²) >= 11 is 3.63. The molecule has 1 fully saturated rings. The molecule has 1 heterocycles. The maximum Gasteiger partial charge on any atom is 0.127 e. The van der Waals surface area contributed by atoms with Crippen LogP contribution < -0.4 is 10.1 Å². The van der Waals surface area contributed by atoms with Gasteiger partial charge in [-0.25, -0.2) is 0 Å². The Hall–Kier alpha value is -0.540. The van der Waals surface area contributed by atoms with Gasteiger partial charge in [-0.1, -0.05) is 42.6 Å². The van der Waals surface area contributed by atoms with E-state index in [4.69, 9.17) is 4.74 Å². The summed E-state index contributed by atoms with van der Waals surface area (Å²) in [5.41, 5.74) is 2.66. The first-order valence-electron chi connectivity index (χ1n) is 8.32. The summed E-state index contributed by atoms with van der Waals surface area (Å²) in [5.74, 6) is 2.72. The molecular weight excluding hydrogens is 326 g/mol. The summed E-state index contributed by atoms with van der Waals surface area (Å²) in [6.07, 6.45) is 6.51. The van der Waals surface area contributed by atoms with Gasteiger partial charge in [-0.3, -0.25) is 0 Å². The van der Waals surface area contributed by atoms with Gasteiger partial charge < -0.3 is 10.1 Å². The molecule has 3 heteroatoms. The molecule has 1 N–H and O–H groups in total. The van der Waals surface area contributed by atoms with E-state index in [0.717, 1.165) is 37.2 Å². The van der Waals surface area contributed by atoms with Gasteiger partial charge in [-0.15, -0.1) is 0 Å². The van der Waals surface area contributed by atoms with Gasteiger partial charge in [0.05, 0.1) is 6.61 Å². The summed E-state index contributed by atoms with van der Waals surface area (Å²) < 4.78 is 7.01. The Balaban J connectivity index is 1.70. The van der Waals surface area contributed by atoms with E-state index in [0.29, 0.717) is 6.04 Å². The van der Waals surface area contributed by atoms with Crippen LogP contribution in [0.5, 0.6) is 5.75 Å². The molecule has 1 saturated carbocycles. The minimum Gasteiger partial charge on any atom is -0.493 e. The van der Waals surface area contributed by atoms with Crippen LogP contribution in [-0.4, -0.2) is 12.6 Å². The maximum absolute atomic E-state index is 5.84. The van der Waals surface area contributed by atoms with Crippen molar-refractivity contribution in [3.8, 4) is 5.75 Å². The first-order chi connectivity index (χ1) is 10.1. The highest BCUT2D eigenvalue weighted by Crippen LogP contribution is 2.34. The summed E-state index contributed by atoms with van der Waals surface area (Å²) in [7, 11) is 0. The number of nitrogens with one attached hydrogen (secondary N) is 1. The van der Waals surface area contributed by atoms with Crippen LogP contribution in [0, 0.1) is 11.8 Å². The summed E-state index contributed by atoms with van der Waals surface area (Å²) in [6, 6.07) is 5.07. The molecule has 0 aromatic heterocycles. The Bertz CT molecular complexity index is 500. The molecule has 1 aliphatic heterocycles. The number of ether oxygens (including phenoxy) is 1. The lowest BCUT2D eigenvalue weighted by Gasteiger charge is -2.35. The van der Waals surface area contributed by atoms with Crippen molar-refractivity contribution in [2.75, 3.05) is 6.61 Å². The predicted molar refractivity (Wildman–Crippen MR) is 90.8 cm³/mol. The first kappa shape index (κ1) is 15.4. The minimum atomic E-state index is 0.662. The monoisotopic (exact) mass is 351 g/mol. The van der Waals surface area contributed by atoms with Gasteiger partial charge in [0.25, 0.3) is 0 Å². The molecule has 2 nitrogen and oxygen atoms in total. The van der Waals surface area contributed by atoms with Crippen molar-refractivity contribution in [1.29, 1.82) is 0 Å². The van der Waals surface area contributed by atoms with E-state index in [1.807, 2.05) is 0 Å². The van der Waals surface area contributed by atoms with Gasteiger partial charge in [0.1, 0.15) is 5.75 Å². The Labute approximate surface area is 136 Å². The summed E-state index contributed by atoms with van der Waals surface area (Å²) in [4.78, 5) is 0. The van der Waals surface area contributed by atoms with Crippen molar-refractivity contribution in [2.24, 2.45) is 11.8 Å². The molecule has 21 heavy (non-hydrogen) atoms. The van der Waals surface area contributed by atoms with Crippen molar-refractivity contribution < 1.29 is 4.74 Å². The third-order valence-electron chi connectivity index (χ3n) is 5.06. The zero-order valence-electron chi connectivity index (χ0n) is 13.1. The third-order valence-corrected chi connectivity index (χ3v) is 5.51. The lowest BCUT2D eigenvalue weighted by Crippen LogP contribution is -2.40. The van der Waals surface area contributed by atoms with Crippen molar-refractivity contribution in [1.82, 2.24) is 5.32 Å². The fraction of sp³-hybridized carbons (Fsp3) is 0.667. The number of hydrogen-bond acceptors (Lipinski definition) is 2. The lowest BCUT2D eigenvalue weighted by atomic mass is 9.78. The Morgan fingerprint density at radius 3 is 2.90 bits per heavy atom. The molecule has 1 aromatic carbocycles. The van der Waals surface area contributed by atoms with E-state index in [1.54, 1.807) is 0 Å². The van der Waals surface area contributed by atoms with Crippen molar-refractivity contribution >= 4 is 15.9 Å². The molecule has 3 rings (SSSR count). The lowest BCUT2D eigenvalue weighted by molar-refractivity contribution is 0.204. The molecule has 1 aromatic rings. The minimum absolute atomic E-state index is 0.662. The van der Waals surface area contributed by atoms with Crippen LogP contribution in [0.1, 0.15) is 50.7 Å². The molecule has 116 valence electrons. The molecule has 2 unspecified atom stereocenters. The van der Waals surface area contributed by atoms with E-state index in [1.165, 1.54) is 41.3 Å². The van der Waals surface area contributed by atoms with Gasteiger partial charge in [-0.2, -0.15) is 0 Å². The molecular formula is C18H26BrNO. The van der Waals surface area contributed by atoms with Crippen LogP contribution in [0.2, 0.25) is 0 Å².